The Balaban J connectivity index is 1.36. The van der Waals surface area contributed by atoms with Gasteiger partial charge in [-0.2, -0.15) is 0 Å². The lowest BCUT2D eigenvalue weighted by Gasteiger charge is -2.37. The Kier molecular flexibility index (Phi) is 6.89. The average Bonchev–Trinajstić information content (AvgIpc) is 3.74. The highest BCUT2D eigenvalue weighted by atomic mass is 16.5. The number of imidazole rings is 1. The summed E-state index contributed by atoms with van der Waals surface area (Å²) in [5.74, 6) is 0.555. The van der Waals surface area contributed by atoms with Gasteiger partial charge in [-0.05, 0) is 34.9 Å². The van der Waals surface area contributed by atoms with E-state index in [0.717, 1.165) is 39.6 Å². The highest BCUT2D eigenvalue weighted by Gasteiger charge is 2.38. The number of carbonyl (C=O) groups excluding carboxylic acids is 1. The molecule has 5 nitrogen and oxygen atoms in total. The zero-order valence-corrected chi connectivity index (χ0v) is 23.3. The smallest absolute Gasteiger partial charge is 0.182 e. The SMILES string of the molecule is O=CC(Oc1ccccc1-c1cn(C(c2ccccc2)(c2ccccc2)c2ccccc2)cn1)c1coc2ccccc12. The minimum absolute atomic E-state index is 0.555. The van der Waals surface area contributed by atoms with E-state index in [9.17, 15) is 4.79 Å². The van der Waals surface area contributed by atoms with Gasteiger partial charge in [-0.1, -0.05) is 121 Å². The predicted octanol–water partition coefficient (Wildman–Crippen LogP) is 8.46. The van der Waals surface area contributed by atoms with E-state index in [1.807, 2.05) is 73.1 Å². The highest BCUT2D eigenvalue weighted by molar-refractivity contribution is 5.84. The number of nitrogens with zero attached hydrogens (tertiary/aromatic N) is 2. The quantitative estimate of drug-likeness (QED) is 0.131. The van der Waals surface area contributed by atoms with Gasteiger partial charge in [0.15, 0.2) is 12.4 Å². The van der Waals surface area contributed by atoms with E-state index in [0.29, 0.717) is 16.9 Å². The summed E-state index contributed by atoms with van der Waals surface area (Å²) in [5.41, 5.74) is 5.53. The lowest BCUT2D eigenvalue weighted by molar-refractivity contribution is -0.113. The van der Waals surface area contributed by atoms with Crippen LogP contribution in [0.1, 0.15) is 28.4 Å². The molecule has 5 aromatic carbocycles. The number of ether oxygens (including phenoxy) is 1. The molecule has 1 unspecified atom stereocenters. The van der Waals surface area contributed by atoms with Crippen LogP contribution < -0.4 is 4.74 Å². The van der Waals surface area contributed by atoms with Crippen molar-refractivity contribution < 1.29 is 13.9 Å². The van der Waals surface area contributed by atoms with Crippen molar-refractivity contribution in [1.82, 2.24) is 9.55 Å². The molecule has 0 radical (unpaired) electrons. The van der Waals surface area contributed by atoms with E-state index in [2.05, 4.69) is 83.6 Å². The maximum atomic E-state index is 12.3. The first-order valence-electron chi connectivity index (χ1n) is 14.2. The van der Waals surface area contributed by atoms with Gasteiger partial charge in [-0.25, -0.2) is 4.98 Å². The number of aromatic nitrogens is 2. The molecule has 0 saturated heterocycles. The van der Waals surface area contributed by atoms with Crippen molar-refractivity contribution in [2.24, 2.45) is 0 Å². The molecule has 0 bridgehead atoms. The minimum Gasteiger partial charge on any atom is -0.477 e. The van der Waals surface area contributed by atoms with Gasteiger partial charge in [0.05, 0.1) is 18.3 Å². The Morgan fingerprint density at radius 1 is 0.698 bits per heavy atom. The predicted molar refractivity (Wildman–Crippen MR) is 168 cm³/mol. The molecule has 0 N–H and O–H groups in total. The summed E-state index contributed by atoms with van der Waals surface area (Å²) < 4.78 is 14.2. The van der Waals surface area contributed by atoms with Crippen LogP contribution in [0.15, 0.2) is 163 Å². The maximum Gasteiger partial charge on any atom is 0.182 e. The summed E-state index contributed by atoms with van der Waals surface area (Å²) in [6.45, 7) is 0. The first-order chi connectivity index (χ1) is 21.3. The Morgan fingerprint density at radius 3 is 1.88 bits per heavy atom. The van der Waals surface area contributed by atoms with Crippen molar-refractivity contribution in [3.05, 3.63) is 181 Å². The molecule has 0 aliphatic rings. The average molecular weight is 561 g/mol. The largest absolute Gasteiger partial charge is 0.477 e. The number of hydrogen-bond acceptors (Lipinski definition) is 4. The number of rotatable bonds is 9. The summed E-state index contributed by atoms with van der Waals surface area (Å²) >= 11 is 0. The first kappa shape index (κ1) is 26.2. The van der Waals surface area contributed by atoms with Gasteiger partial charge in [0.1, 0.15) is 16.9 Å². The second-order valence-electron chi connectivity index (χ2n) is 10.3. The van der Waals surface area contributed by atoms with Crippen molar-refractivity contribution >= 4 is 17.3 Å². The number of para-hydroxylation sites is 2. The Bertz CT molecular complexity index is 1880. The zero-order chi connectivity index (χ0) is 29.1. The zero-order valence-electron chi connectivity index (χ0n) is 23.3. The van der Waals surface area contributed by atoms with Gasteiger partial charge in [0.25, 0.3) is 0 Å². The van der Waals surface area contributed by atoms with Crippen LogP contribution in [-0.2, 0) is 10.3 Å². The number of hydrogen-bond donors (Lipinski definition) is 0. The molecular weight excluding hydrogens is 532 g/mol. The fraction of sp³-hybridized carbons (Fsp3) is 0.0526. The van der Waals surface area contributed by atoms with Crippen LogP contribution in [0.25, 0.3) is 22.2 Å². The van der Waals surface area contributed by atoms with Gasteiger partial charge >= 0.3 is 0 Å². The number of benzene rings is 5. The molecule has 7 aromatic rings. The van der Waals surface area contributed by atoms with Crippen molar-refractivity contribution in [2.75, 3.05) is 0 Å². The van der Waals surface area contributed by atoms with Gasteiger partial charge in [0.2, 0.25) is 0 Å². The molecule has 5 heteroatoms. The van der Waals surface area contributed by atoms with E-state index in [1.54, 1.807) is 6.26 Å². The van der Waals surface area contributed by atoms with E-state index in [4.69, 9.17) is 14.1 Å². The first-order valence-corrected chi connectivity index (χ1v) is 14.2. The second kappa shape index (κ2) is 11.3. The molecule has 0 amide bonds. The summed E-state index contributed by atoms with van der Waals surface area (Å²) in [4.78, 5) is 17.2. The highest BCUT2D eigenvalue weighted by Crippen LogP contribution is 2.42. The normalized spacial score (nSPS) is 12.2. The fourth-order valence-corrected chi connectivity index (χ4v) is 5.93. The van der Waals surface area contributed by atoms with E-state index in [1.165, 1.54) is 0 Å². The van der Waals surface area contributed by atoms with Gasteiger partial charge in [0, 0.05) is 22.7 Å². The molecule has 2 aromatic heterocycles. The third kappa shape index (κ3) is 4.61. The number of furan rings is 1. The summed E-state index contributed by atoms with van der Waals surface area (Å²) in [6, 6.07) is 46.7. The van der Waals surface area contributed by atoms with E-state index in [-0.39, 0.29) is 0 Å². The van der Waals surface area contributed by atoms with Crippen molar-refractivity contribution in [3.63, 3.8) is 0 Å². The molecule has 1 atom stereocenters. The van der Waals surface area contributed by atoms with Crippen molar-refractivity contribution in [3.8, 4) is 17.0 Å². The van der Waals surface area contributed by atoms with Crippen LogP contribution in [0.2, 0.25) is 0 Å². The molecule has 208 valence electrons. The van der Waals surface area contributed by atoms with E-state index < -0.39 is 11.6 Å². The molecule has 7 rings (SSSR count). The molecule has 0 aliphatic heterocycles. The van der Waals surface area contributed by atoms with Gasteiger partial charge in [-0.15, -0.1) is 0 Å². The number of carbonyl (C=O) groups is 1. The third-order valence-electron chi connectivity index (χ3n) is 7.90. The lowest BCUT2D eigenvalue weighted by atomic mass is 9.77. The monoisotopic (exact) mass is 560 g/mol. The summed E-state index contributed by atoms with van der Waals surface area (Å²) in [5, 5.41) is 0.847. The van der Waals surface area contributed by atoms with Gasteiger partial charge in [-0.3, -0.25) is 4.79 Å². The molecule has 0 fully saturated rings. The standard InChI is InChI=1S/C38H28N2O3/c41-25-37(33-26-42-35-22-12-10-20-31(33)35)43-36-23-13-11-21-32(36)34-24-40(27-39-34)38(28-14-4-1-5-15-28,29-16-6-2-7-17-29)30-18-8-3-9-19-30/h1-27,37H. The van der Waals surface area contributed by atoms with Crippen LogP contribution in [0, 0.1) is 0 Å². The third-order valence-corrected chi connectivity index (χ3v) is 7.90. The van der Waals surface area contributed by atoms with Crippen molar-refractivity contribution in [1.29, 1.82) is 0 Å². The number of aldehydes is 1. The molecule has 0 saturated carbocycles. The molecule has 2 heterocycles. The van der Waals surface area contributed by atoms with Crippen LogP contribution in [0.4, 0.5) is 0 Å². The fourth-order valence-electron chi connectivity index (χ4n) is 5.93. The van der Waals surface area contributed by atoms with Gasteiger partial charge < -0.3 is 13.7 Å². The lowest BCUT2D eigenvalue weighted by Crippen LogP contribution is -2.36. The number of fused-ring (bicyclic) bond motifs is 1. The minimum atomic E-state index is -0.844. The van der Waals surface area contributed by atoms with E-state index >= 15 is 0 Å². The van der Waals surface area contributed by atoms with Crippen LogP contribution >= 0.6 is 0 Å². The summed E-state index contributed by atoms with van der Waals surface area (Å²) in [7, 11) is 0. The topological polar surface area (TPSA) is 57.3 Å². The Morgan fingerprint density at radius 2 is 1.26 bits per heavy atom. The maximum absolute atomic E-state index is 12.3. The molecule has 0 spiro atoms. The van der Waals surface area contributed by atoms with Crippen molar-refractivity contribution in [2.45, 2.75) is 11.6 Å². The Labute approximate surface area is 249 Å². The van der Waals surface area contributed by atoms with Crippen LogP contribution in [0.3, 0.4) is 0 Å². The Hall–Kier alpha value is -5.68. The van der Waals surface area contributed by atoms with Crippen LogP contribution in [-0.4, -0.2) is 15.8 Å². The second-order valence-corrected chi connectivity index (χ2v) is 10.3. The molecule has 43 heavy (non-hydrogen) atoms. The van der Waals surface area contributed by atoms with Crippen LogP contribution in [0.5, 0.6) is 5.75 Å². The summed E-state index contributed by atoms with van der Waals surface area (Å²) in [6.07, 6.45) is 5.48. The molecule has 0 aliphatic carbocycles. The molecular formula is C38H28N2O3.